The molecular weight excluding hydrogens is 314 g/mol. The third-order valence-electron chi connectivity index (χ3n) is 4.42. The molecule has 1 aromatic rings. The van der Waals surface area contributed by atoms with Crippen LogP contribution in [0.4, 0.5) is 11.4 Å². The zero-order chi connectivity index (χ0) is 18.3. The molecule has 5 nitrogen and oxygen atoms in total. The van der Waals surface area contributed by atoms with Crippen LogP contribution in [0.2, 0.25) is 0 Å². The second-order valence-electron chi connectivity index (χ2n) is 7.75. The van der Waals surface area contributed by atoms with Crippen LogP contribution < -0.4 is 15.5 Å². The molecule has 0 spiro atoms. The van der Waals surface area contributed by atoms with Gasteiger partial charge in [-0.3, -0.25) is 9.59 Å². The Morgan fingerprint density at radius 2 is 1.68 bits per heavy atom. The number of nitrogens with one attached hydrogen (secondary N) is 2. The fourth-order valence-electron chi connectivity index (χ4n) is 2.85. The SMILES string of the molecule is CC(C)(C)C(=O)NCCCC(=O)Nc1ccc(N2CCCCC2)cc1. The summed E-state index contributed by atoms with van der Waals surface area (Å²) in [6.45, 7) is 8.39. The molecule has 2 amide bonds. The highest BCUT2D eigenvalue weighted by Gasteiger charge is 2.20. The Morgan fingerprint density at radius 1 is 1.04 bits per heavy atom. The third-order valence-corrected chi connectivity index (χ3v) is 4.42. The normalized spacial score (nSPS) is 14.9. The van der Waals surface area contributed by atoms with Crippen LogP contribution >= 0.6 is 0 Å². The molecule has 1 aromatic carbocycles. The minimum absolute atomic E-state index is 0.0150. The predicted molar refractivity (Wildman–Crippen MR) is 103 cm³/mol. The van der Waals surface area contributed by atoms with Gasteiger partial charge in [0, 0.05) is 42.8 Å². The Bertz CT molecular complexity index is 570. The number of benzene rings is 1. The molecule has 5 heteroatoms. The van der Waals surface area contributed by atoms with E-state index in [0.29, 0.717) is 19.4 Å². The third kappa shape index (κ3) is 6.40. The van der Waals surface area contributed by atoms with E-state index in [1.807, 2.05) is 32.9 Å². The molecule has 138 valence electrons. The monoisotopic (exact) mass is 345 g/mol. The Morgan fingerprint density at radius 3 is 2.28 bits per heavy atom. The molecule has 25 heavy (non-hydrogen) atoms. The van der Waals surface area contributed by atoms with Crippen molar-refractivity contribution in [1.29, 1.82) is 0 Å². The molecule has 0 unspecified atom stereocenters. The molecule has 2 N–H and O–H groups in total. The Labute approximate surface area is 151 Å². The summed E-state index contributed by atoms with van der Waals surface area (Å²) in [5.41, 5.74) is 1.66. The topological polar surface area (TPSA) is 61.4 Å². The maximum Gasteiger partial charge on any atom is 0.225 e. The first kappa shape index (κ1) is 19.3. The second-order valence-corrected chi connectivity index (χ2v) is 7.75. The number of carbonyl (C=O) groups is 2. The van der Waals surface area contributed by atoms with Crippen molar-refractivity contribution in [1.82, 2.24) is 5.32 Å². The van der Waals surface area contributed by atoms with E-state index in [2.05, 4.69) is 27.7 Å². The van der Waals surface area contributed by atoms with Crippen molar-refractivity contribution in [3.63, 3.8) is 0 Å². The average molecular weight is 345 g/mol. The smallest absolute Gasteiger partial charge is 0.225 e. The van der Waals surface area contributed by atoms with Crippen LogP contribution in [0.3, 0.4) is 0 Å². The van der Waals surface area contributed by atoms with E-state index in [1.54, 1.807) is 0 Å². The van der Waals surface area contributed by atoms with Gasteiger partial charge in [0.1, 0.15) is 0 Å². The van der Waals surface area contributed by atoms with E-state index in [-0.39, 0.29) is 11.8 Å². The van der Waals surface area contributed by atoms with Crippen LogP contribution in [0.25, 0.3) is 0 Å². The van der Waals surface area contributed by atoms with Crippen molar-refractivity contribution in [2.75, 3.05) is 29.9 Å². The molecule has 0 aromatic heterocycles. The fraction of sp³-hybridized carbons (Fsp3) is 0.600. The lowest BCUT2D eigenvalue weighted by atomic mass is 9.96. The van der Waals surface area contributed by atoms with Crippen molar-refractivity contribution < 1.29 is 9.59 Å². The predicted octanol–water partition coefficient (Wildman–Crippen LogP) is 3.56. The highest BCUT2D eigenvalue weighted by Crippen LogP contribution is 2.21. The Balaban J connectivity index is 1.70. The van der Waals surface area contributed by atoms with Gasteiger partial charge in [-0.1, -0.05) is 20.8 Å². The number of rotatable bonds is 6. The first-order valence-corrected chi connectivity index (χ1v) is 9.29. The molecule has 1 aliphatic heterocycles. The van der Waals surface area contributed by atoms with E-state index in [4.69, 9.17) is 0 Å². The maximum absolute atomic E-state index is 12.0. The number of anilines is 2. The number of piperidine rings is 1. The quantitative estimate of drug-likeness (QED) is 0.775. The van der Waals surface area contributed by atoms with Gasteiger partial charge in [-0.2, -0.15) is 0 Å². The summed E-state index contributed by atoms with van der Waals surface area (Å²) in [4.78, 5) is 26.1. The molecule has 1 saturated heterocycles. The van der Waals surface area contributed by atoms with Crippen LogP contribution in [-0.2, 0) is 9.59 Å². The van der Waals surface area contributed by atoms with Gasteiger partial charge in [0.25, 0.3) is 0 Å². The number of hydrogen-bond donors (Lipinski definition) is 2. The molecule has 1 aliphatic rings. The number of carbonyl (C=O) groups excluding carboxylic acids is 2. The molecule has 0 atom stereocenters. The summed E-state index contributed by atoms with van der Waals surface area (Å²) in [6.07, 6.45) is 4.87. The summed E-state index contributed by atoms with van der Waals surface area (Å²) in [5.74, 6) is -0.00283. The van der Waals surface area contributed by atoms with Gasteiger partial charge in [-0.05, 0) is 49.9 Å². The lowest BCUT2D eigenvalue weighted by molar-refractivity contribution is -0.128. The van der Waals surface area contributed by atoms with Crippen LogP contribution in [0, 0.1) is 5.41 Å². The molecule has 0 saturated carbocycles. The van der Waals surface area contributed by atoms with Crippen molar-refractivity contribution in [3.8, 4) is 0 Å². The van der Waals surface area contributed by atoms with Crippen LogP contribution in [0.5, 0.6) is 0 Å². The zero-order valence-electron chi connectivity index (χ0n) is 15.7. The highest BCUT2D eigenvalue weighted by atomic mass is 16.2. The molecule has 0 aliphatic carbocycles. The van der Waals surface area contributed by atoms with E-state index < -0.39 is 5.41 Å². The van der Waals surface area contributed by atoms with Gasteiger partial charge in [-0.15, -0.1) is 0 Å². The first-order valence-electron chi connectivity index (χ1n) is 9.29. The molecule has 0 radical (unpaired) electrons. The number of amides is 2. The van der Waals surface area contributed by atoms with Crippen molar-refractivity contribution in [3.05, 3.63) is 24.3 Å². The second kappa shape index (κ2) is 8.88. The summed E-state index contributed by atoms with van der Waals surface area (Å²) >= 11 is 0. The summed E-state index contributed by atoms with van der Waals surface area (Å²) < 4.78 is 0. The lowest BCUT2D eigenvalue weighted by Crippen LogP contribution is -2.35. The van der Waals surface area contributed by atoms with Crippen molar-refractivity contribution in [2.24, 2.45) is 5.41 Å². The lowest BCUT2D eigenvalue weighted by Gasteiger charge is -2.28. The molecule has 0 bridgehead atoms. The standard InChI is InChI=1S/C20H31N3O2/c1-20(2,3)19(25)21-13-7-8-18(24)22-16-9-11-17(12-10-16)23-14-5-4-6-15-23/h9-12H,4-8,13-15H2,1-3H3,(H,21,25)(H,22,24). The van der Waals surface area contributed by atoms with E-state index >= 15 is 0 Å². The zero-order valence-corrected chi connectivity index (χ0v) is 15.7. The van der Waals surface area contributed by atoms with Gasteiger partial charge in [0.2, 0.25) is 11.8 Å². The van der Waals surface area contributed by atoms with Crippen LogP contribution in [0.15, 0.2) is 24.3 Å². The number of nitrogens with zero attached hydrogens (tertiary/aromatic N) is 1. The minimum Gasteiger partial charge on any atom is -0.372 e. The largest absolute Gasteiger partial charge is 0.372 e. The maximum atomic E-state index is 12.0. The molecule has 1 heterocycles. The molecular formula is C20H31N3O2. The van der Waals surface area contributed by atoms with E-state index in [0.717, 1.165) is 18.8 Å². The summed E-state index contributed by atoms with van der Waals surface area (Å²) in [7, 11) is 0. The Hall–Kier alpha value is -2.04. The van der Waals surface area contributed by atoms with Crippen molar-refractivity contribution in [2.45, 2.75) is 52.9 Å². The van der Waals surface area contributed by atoms with Gasteiger partial charge >= 0.3 is 0 Å². The average Bonchev–Trinajstić information content (AvgIpc) is 2.59. The summed E-state index contributed by atoms with van der Waals surface area (Å²) in [6, 6.07) is 8.07. The first-order chi connectivity index (χ1) is 11.9. The minimum atomic E-state index is -0.391. The van der Waals surface area contributed by atoms with Gasteiger partial charge < -0.3 is 15.5 Å². The van der Waals surface area contributed by atoms with Crippen LogP contribution in [0.1, 0.15) is 52.9 Å². The van der Waals surface area contributed by atoms with E-state index in [1.165, 1.54) is 24.9 Å². The highest BCUT2D eigenvalue weighted by molar-refractivity contribution is 5.90. The fourth-order valence-corrected chi connectivity index (χ4v) is 2.85. The molecule has 1 fully saturated rings. The van der Waals surface area contributed by atoms with Gasteiger partial charge in [-0.25, -0.2) is 0 Å². The van der Waals surface area contributed by atoms with Crippen molar-refractivity contribution >= 4 is 23.2 Å². The van der Waals surface area contributed by atoms with E-state index in [9.17, 15) is 9.59 Å². The van der Waals surface area contributed by atoms with Gasteiger partial charge in [0.15, 0.2) is 0 Å². The number of hydrogen-bond acceptors (Lipinski definition) is 3. The Kier molecular flexibility index (Phi) is 6.85. The summed E-state index contributed by atoms with van der Waals surface area (Å²) in [5, 5.41) is 5.78. The molecule has 2 rings (SSSR count). The van der Waals surface area contributed by atoms with Gasteiger partial charge in [0.05, 0.1) is 0 Å². The van der Waals surface area contributed by atoms with Crippen LogP contribution in [-0.4, -0.2) is 31.4 Å².